The highest BCUT2D eigenvalue weighted by Gasteiger charge is 2.44. The van der Waals surface area contributed by atoms with Gasteiger partial charge in [0, 0.05) is 18.8 Å². The minimum Gasteiger partial charge on any atom is -0.469 e. The summed E-state index contributed by atoms with van der Waals surface area (Å²) in [4.78, 5) is 35.2. The molecule has 1 saturated heterocycles. The Morgan fingerprint density at radius 3 is 2.28 bits per heavy atom. The van der Waals surface area contributed by atoms with Crippen molar-refractivity contribution in [3.63, 3.8) is 0 Å². The van der Waals surface area contributed by atoms with E-state index in [1.54, 1.807) is 0 Å². The molecule has 0 aromatic carbocycles. The number of nitrogens with zero attached hydrogens (tertiary/aromatic N) is 1. The van der Waals surface area contributed by atoms with E-state index in [2.05, 4.69) is 10.1 Å². The molecule has 0 bridgehead atoms. The Bertz CT molecular complexity index is 482. The zero-order chi connectivity index (χ0) is 19.6. The summed E-state index contributed by atoms with van der Waals surface area (Å²) in [6.45, 7) is 3.44. The van der Waals surface area contributed by atoms with Gasteiger partial charge in [0.05, 0.1) is 20.1 Å². The van der Waals surface area contributed by atoms with Crippen LogP contribution >= 0.6 is 0 Å². The zero-order valence-corrected chi connectivity index (χ0v) is 14.7. The fourth-order valence-corrected chi connectivity index (χ4v) is 2.04. The molecule has 0 aliphatic carbocycles. The van der Waals surface area contributed by atoms with Crippen LogP contribution in [0.2, 0.25) is 0 Å². The molecule has 25 heavy (non-hydrogen) atoms. The number of aliphatic hydroxyl groups excluding tert-OH is 3. The van der Waals surface area contributed by atoms with Gasteiger partial charge < -0.3 is 30.1 Å². The summed E-state index contributed by atoms with van der Waals surface area (Å²) < 4.78 is 9.65. The molecule has 1 heterocycles. The summed E-state index contributed by atoms with van der Waals surface area (Å²) in [6, 6.07) is 0. The first-order valence-electron chi connectivity index (χ1n) is 7.74. The van der Waals surface area contributed by atoms with Gasteiger partial charge in [-0.1, -0.05) is 13.8 Å². The van der Waals surface area contributed by atoms with Crippen LogP contribution in [0.15, 0.2) is 11.8 Å². The van der Waals surface area contributed by atoms with Gasteiger partial charge in [-0.3, -0.25) is 19.3 Å². The minimum atomic E-state index is -1.49. The molecule has 2 amide bonds. The standard InChI is InChI=1S/C13H20N2O8.C2H6/c1-14-12(21)7(3-9(18)22-2)4-15(6-17)13-11(20)10(19)8(5-16)23-13;1-2/h4,6,8,10-11,13,16,19-20H,3,5H2,1-2H3,(H,14,21);1-2H3/b7-4-;. The molecule has 1 aliphatic rings. The minimum absolute atomic E-state index is 0.107. The summed E-state index contributed by atoms with van der Waals surface area (Å²) in [5.41, 5.74) is -0.107. The lowest BCUT2D eigenvalue weighted by molar-refractivity contribution is -0.141. The molecule has 4 unspecified atom stereocenters. The summed E-state index contributed by atoms with van der Waals surface area (Å²) >= 11 is 0. The third-order valence-corrected chi connectivity index (χ3v) is 3.32. The number of nitrogens with one attached hydrogen (secondary N) is 1. The van der Waals surface area contributed by atoms with Crippen LogP contribution < -0.4 is 5.32 Å². The quantitative estimate of drug-likeness (QED) is 0.233. The van der Waals surface area contributed by atoms with Crippen molar-refractivity contribution in [2.24, 2.45) is 0 Å². The second kappa shape index (κ2) is 11.5. The Balaban J connectivity index is 0.00000277. The SMILES string of the molecule is CC.CNC(=O)/C(=C\N(C=O)C1OC(CO)C(O)C1O)CC(=O)OC. The van der Waals surface area contributed by atoms with Crippen LogP contribution in [0, 0.1) is 0 Å². The highest BCUT2D eigenvalue weighted by Crippen LogP contribution is 2.24. The third-order valence-electron chi connectivity index (χ3n) is 3.32. The molecule has 10 nitrogen and oxygen atoms in total. The molecule has 0 radical (unpaired) electrons. The Kier molecular flexibility index (Phi) is 10.6. The van der Waals surface area contributed by atoms with Gasteiger partial charge in [0.1, 0.15) is 18.3 Å². The average Bonchev–Trinajstić information content (AvgIpc) is 2.93. The van der Waals surface area contributed by atoms with Gasteiger partial charge in [-0.2, -0.15) is 0 Å². The van der Waals surface area contributed by atoms with Crippen molar-refractivity contribution in [2.45, 2.75) is 44.8 Å². The number of rotatable bonds is 7. The first-order chi connectivity index (χ1) is 11.9. The van der Waals surface area contributed by atoms with E-state index < -0.39 is 49.4 Å². The Morgan fingerprint density at radius 2 is 1.88 bits per heavy atom. The van der Waals surface area contributed by atoms with Gasteiger partial charge in [-0.25, -0.2) is 0 Å². The molecule has 10 heteroatoms. The lowest BCUT2D eigenvalue weighted by Gasteiger charge is -2.24. The van der Waals surface area contributed by atoms with Crippen molar-refractivity contribution in [3.05, 3.63) is 11.8 Å². The third kappa shape index (κ3) is 6.09. The number of carbonyl (C=O) groups is 3. The van der Waals surface area contributed by atoms with E-state index in [4.69, 9.17) is 9.84 Å². The van der Waals surface area contributed by atoms with Crippen LogP contribution in [-0.4, -0.2) is 83.8 Å². The largest absolute Gasteiger partial charge is 0.469 e. The molecule has 0 aromatic rings. The van der Waals surface area contributed by atoms with E-state index in [-0.39, 0.29) is 12.0 Å². The van der Waals surface area contributed by atoms with E-state index in [1.165, 1.54) is 7.05 Å². The Labute approximate surface area is 146 Å². The van der Waals surface area contributed by atoms with Gasteiger partial charge in [0.2, 0.25) is 12.3 Å². The van der Waals surface area contributed by atoms with E-state index in [1.807, 2.05) is 13.8 Å². The molecule has 144 valence electrons. The van der Waals surface area contributed by atoms with Crippen LogP contribution in [0.5, 0.6) is 0 Å². The van der Waals surface area contributed by atoms with Crippen LogP contribution in [0.1, 0.15) is 20.3 Å². The van der Waals surface area contributed by atoms with Gasteiger partial charge >= 0.3 is 5.97 Å². The van der Waals surface area contributed by atoms with Gasteiger partial charge in [0.15, 0.2) is 6.23 Å². The lowest BCUT2D eigenvalue weighted by atomic mass is 10.1. The van der Waals surface area contributed by atoms with E-state index in [0.29, 0.717) is 0 Å². The van der Waals surface area contributed by atoms with Crippen molar-refractivity contribution < 1.29 is 39.2 Å². The maximum atomic E-state index is 11.8. The second-order valence-electron chi connectivity index (χ2n) is 4.77. The van der Waals surface area contributed by atoms with Gasteiger partial charge in [-0.05, 0) is 0 Å². The lowest BCUT2D eigenvalue weighted by Crippen LogP contribution is -2.41. The Morgan fingerprint density at radius 1 is 1.28 bits per heavy atom. The monoisotopic (exact) mass is 362 g/mol. The number of aliphatic hydroxyl groups is 3. The number of methoxy groups -OCH3 is 1. The van der Waals surface area contributed by atoms with Crippen LogP contribution in [-0.2, 0) is 23.9 Å². The van der Waals surface area contributed by atoms with Crippen LogP contribution in [0.25, 0.3) is 0 Å². The molecule has 1 aliphatic heterocycles. The van der Waals surface area contributed by atoms with E-state index in [9.17, 15) is 24.6 Å². The number of ether oxygens (including phenoxy) is 2. The summed E-state index contributed by atoms with van der Waals surface area (Å²) in [6.07, 6.45) is -4.40. The molecular formula is C15H26N2O8. The molecule has 1 fully saturated rings. The molecule has 0 aromatic heterocycles. The van der Waals surface area contributed by atoms with Crippen molar-refractivity contribution in [2.75, 3.05) is 20.8 Å². The zero-order valence-electron chi connectivity index (χ0n) is 14.7. The second-order valence-corrected chi connectivity index (χ2v) is 4.77. The number of likely N-dealkylation sites (N-methyl/N-ethyl adjacent to an activating group) is 1. The maximum Gasteiger partial charge on any atom is 0.310 e. The number of hydrogen-bond acceptors (Lipinski definition) is 8. The maximum absolute atomic E-state index is 11.8. The van der Waals surface area contributed by atoms with E-state index in [0.717, 1.165) is 18.2 Å². The summed E-state index contributed by atoms with van der Waals surface area (Å²) in [7, 11) is 2.48. The first kappa shape index (κ1) is 23.0. The smallest absolute Gasteiger partial charge is 0.310 e. The van der Waals surface area contributed by atoms with Crippen molar-refractivity contribution in [1.82, 2.24) is 10.2 Å². The highest BCUT2D eigenvalue weighted by molar-refractivity contribution is 5.97. The van der Waals surface area contributed by atoms with Crippen molar-refractivity contribution in [1.29, 1.82) is 0 Å². The molecular weight excluding hydrogens is 336 g/mol. The van der Waals surface area contributed by atoms with E-state index >= 15 is 0 Å². The normalized spacial score (nSPS) is 25.5. The topological polar surface area (TPSA) is 146 Å². The molecule has 4 atom stereocenters. The molecule has 1 rings (SSSR count). The van der Waals surface area contributed by atoms with Crippen molar-refractivity contribution in [3.8, 4) is 0 Å². The molecule has 4 N–H and O–H groups in total. The fraction of sp³-hybridized carbons (Fsp3) is 0.667. The van der Waals surface area contributed by atoms with Crippen LogP contribution in [0.3, 0.4) is 0 Å². The van der Waals surface area contributed by atoms with Gasteiger partial charge in [0.25, 0.3) is 0 Å². The summed E-state index contributed by atoms with van der Waals surface area (Å²) in [5.74, 6) is -1.33. The predicted molar refractivity (Wildman–Crippen MR) is 85.8 cm³/mol. The number of hydrogen-bond donors (Lipinski definition) is 4. The van der Waals surface area contributed by atoms with Crippen LogP contribution in [0.4, 0.5) is 0 Å². The number of esters is 1. The average molecular weight is 362 g/mol. The first-order valence-corrected chi connectivity index (χ1v) is 7.74. The highest BCUT2D eigenvalue weighted by atomic mass is 16.6. The summed E-state index contributed by atoms with van der Waals surface area (Å²) in [5, 5.41) is 30.9. The van der Waals surface area contributed by atoms with Crippen molar-refractivity contribution >= 4 is 18.3 Å². The molecule has 0 spiro atoms. The molecule has 0 saturated carbocycles. The number of carbonyl (C=O) groups excluding carboxylic acids is 3. The fourth-order valence-electron chi connectivity index (χ4n) is 2.04. The predicted octanol–water partition coefficient (Wildman–Crippen LogP) is -1.90. The van der Waals surface area contributed by atoms with Gasteiger partial charge in [-0.15, -0.1) is 0 Å². The Hall–Kier alpha value is -2.01. The number of amides is 2.